The van der Waals surface area contributed by atoms with Crippen LogP contribution in [0.2, 0.25) is 0 Å². The molecule has 0 bridgehead atoms. The van der Waals surface area contributed by atoms with E-state index in [1.54, 1.807) is 0 Å². The van der Waals surface area contributed by atoms with Gasteiger partial charge in [0.05, 0.1) is 0 Å². The van der Waals surface area contributed by atoms with E-state index in [2.05, 4.69) is 0 Å². The van der Waals surface area contributed by atoms with Crippen LogP contribution in [0.4, 0.5) is 13.2 Å². The summed E-state index contributed by atoms with van der Waals surface area (Å²) in [4.78, 5) is 11.0. The molecule has 0 N–H and O–H groups in total. The van der Waals surface area contributed by atoms with Crippen LogP contribution in [0.15, 0.2) is 23.3 Å². The van der Waals surface area contributed by atoms with Gasteiger partial charge in [0.25, 0.3) is 0 Å². The fraction of sp³-hybridized carbons (Fsp3) is 0.545. The summed E-state index contributed by atoms with van der Waals surface area (Å²) in [5.74, 6) is -0.472. The maximum absolute atomic E-state index is 12.0. The van der Waals surface area contributed by atoms with Crippen LogP contribution in [0.1, 0.15) is 13.8 Å². The molecule has 1 aliphatic rings. The standard InChI is InChI=1S/C11H11Cl2F3O/c1-10(2)6(8(10)9(13)17)4-3-5-7(12)11(14,15)16/h3-6,8H,1-2H3/b4-3+,7-5-. The molecule has 1 rings (SSSR count). The molecule has 0 spiro atoms. The number of hydrogen-bond donors (Lipinski definition) is 0. The quantitative estimate of drug-likeness (QED) is 0.559. The Morgan fingerprint density at radius 2 is 1.82 bits per heavy atom. The van der Waals surface area contributed by atoms with Crippen molar-refractivity contribution in [2.45, 2.75) is 20.0 Å². The smallest absolute Gasteiger partial charge is 0.281 e. The van der Waals surface area contributed by atoms with Gasteiger partial charge in [0.2, 0.25) is 5.24 Å². The molecule has 1 nitrogen and oxygen atoms in total. The molecule has 17 heavy (non-hydrogen) atoms. The summed E-state index contributed by atoms with van der Waals surface area (Å²) in [5, 5.41) is -1.66. The Labute approximate surface area is 107 Å². The van der Waals surface area contributed by atoms with Gasteiger partial charge in [-0.2, -0.15) is 13.2 Å². The number of alkyl halides is 3. The molecule has 96 valence electrons. The van der Waals surface area contributed by atoms with Gasteiger partial charge in [-0.05, 0) is 29.0 Å². The van der Waals surface area contributed by atoms with Crippen molar-refractivity contribution in [3.05, 3.63) is 23.3 Å². The maximum Gasteiger partial charge on any atom is 0.426 e. The minimum Gasteiger partial charge on any atom is -0.281 e. The third-order valence-corrected chi connectivity index (χ3v) is 3.56. The lowest BCUT2D eigenvalue weighted by atomic mass is 10.1. The van der Waals surface area contributed by atoms with Crippen LogP contribution < -0.4 is 0 Å². The Hall–Kier alpha value is -0.480. The lowest BCUT2D eigenvalue weighted by molar-refractivity contribution is -0.113. The summed E-state index contributed by atoms with van der Waals surface area (Å²) in [6.07, 6.45) is -1.03. The van der Waals surface area contributed by atoms with Crippen molar-refractivity contribution in [3.63, 3.8) is 0 Å². The summed E-state index contributed by atoms with van der Waals surface area (Å²) in [7, 11) is 0. The number of hydrogen-bond acceptors (Lipinski definition) is 1. The van der Waals surface area contributed by atoms with E-state index in [0.717, 1.165) is 6.08 Å². The Morgan fingerprint density at radius 3 is 2.18 bits per heavy atom. The van der Waals surface area contributed by atoms with Gasteiger partial charge in [-0.15, -0.1) is 0 Å². The largest absolute Gasteiger partial charge is 0.426 e. The first-order chi connectivity index (χ1) is 7.58. The Kier molecular flexibility index (Phi) is 3.99. The van der Waals surface area contributed by atoms with Crippen LogP contribution >= 0.6 is 23.2 Å². The van der Waals surface area contributed by atoms with E-state index in [-0.39, 0.29) is 17.3 Å². The van der Waals surface area contributed by atoms with Crippen molar-refractivity contribution in [3.8, 4) is 0 Å². The predicted octanol–water partition coefficient (Wildman–Crippen LogP) is 4.27. The molecule has 6 heteroatoms. The minimum atomic E-state index is -4.54. The first-order valence-corrected chi connectivity index (χ1v) is 5.64. The van der Waals surface area contributed by atoms with Crippen molar-refractivity contribution in [2.24, 2.45) is 17.3 Å². The normalized spacial score (nSPS) is 28.5. The fourth-order valence-corrected chi connectivity index (χ4v) is 2.31. The molecule has 1 saturated carbocycles. The summed E-state index contributed by atoms with van der Waals surface area (Å²) < 4.78 is 36.1. The lowest BCUT2D eigenvalue weighted by Crippen LogP contribution is -2.06. The van der Waals surface area contributed by atoms with Gasteiger partial charge < -0.3 is 0 Å². The molecule has 0 aromatic rings. The molecular formula is C11H11Cl2F3O. The molecule has 0 amide bonds. The third kappa shape index (κ3) is 3.26. The molecule has 0 aromatic heterocycles. The topological polar surface area (TPSA) is 17.1 Å². The highest BCUT2D eigenvalue weighted by Gasteiger charge is 2.59. The van der Waals surface area contributed by atoms with E-state index < -0.39 is 16.5 Å². The number of allylic oxidation sites excluding steroid dienone is 4. The number of rotatable bonds is 3. The first-order valence-electron chi connectivity index (χ1n) is 4.89. The second-order valence-corrected chi connectivity index (χ2v) is 5.31. The van der Waals surface area contributed by atoms with Crippen molar-refractivity contribution < 1.29 is 18.0 Å². The predicted molar refractivity (Wildman–Crippen MR) is 60.8 cm³/mol. The molecule has 0 heterocycles. The van der Waals surface area contributed by atoms with Crippen LogP contribution in [0.5, 0.6) is 0 Å². The Morgan fingerprint density at radius 1 is 1.29 bits per heavy atom. The van der Waals surface area contributed by atoms with Gasteiger partial charge in [-0.1, -0.05) is 37.6 Å². The van der Waals surface area contributed by atoms with E-state index in [1.807, 2.05) is 13.8 Å². The van der Waals surface area contributed by atoms with Crippen molar-refractivity contribution in [1.29, 1.82) is 0 Å². The zero-order valence-corrected chi connectivity index (χ0v) is 10.7. The molecule has 1 aliphatic carbocycles. The van der Waals surface area contributed by atoms with Gasteiger partial charge in [0, 0.05) is 5.92 Å². The van der Waals surface area contributed by atoms with Crippen LogP contribution in [0.3, 0.4) is 0 Å². The highest BCUT2D eigenvalue weighted by molar-refractivity contribution is 6.64. The number of carbonyl (C=O) groups is 1. The summed E-state index contributed by atoms with van der Waals surface area (Å²) >= 11 is 10.4. The molecular weight excluding hydrogens is 276 g/mol. The molecule has 0 radical (unpaired) electrons. The van der Waals surface area contributed by atoms with Gasteiger partial charge in [-0.25, -0.2) is 0 Å². The monoisotopic (exact) mass is 286 g/mol. The Balaban J connectivity index is 2.67. The molecule has 2 unspecified atom stereocenters. The van der Waals surface area contributed by atoms with E-state index >= 15 is 0 Å². The van der Waals surface area contributed by atoms with Crippen LogP contribution in [-0.4, -0.2) is 11.4 Å². The zero-order chi connectivity index (χ0) is 13.4. The zero-order valence-electron chi connectivity index (χ0n) is 9.18. The third-order valence-electron chi connectivity index (χ3n) is 2.99. The summed E-state index contributed by atoms with van der Waals surface area (Å²) in [6.45, 7) is 3.67. The van der Waals surface area contributed by atoms with Crippen molar-refractivity contribution in [1.82, 2.24) is 0 Å². The molecule has 1 fully saturated rings. The highest BCUT2D eigenvalue weighted by Crippen LogP contribution is 2.59. The van der Waals surface area contributed by atoms with Crippen LogP contribution in [-0.2, 0) is 4.79 Å². The maximum atomic E-state index is 12.0. The highest BCUT2D eigenvalue weighted by atomic mass is 35.5. The second-order valence-electron chi connectivity index (χ2n) is 4.53. The second kappa shape index (κ2) is 4.65. The minimum absolute atomic E-state index is 0.138. The van der Waals surface area contributed by atoms with Gasteiger partial charge >= 0.3 is 6.18 Å². The molecule has 0 aliphatic heterocycles. The van der Waals surface area contributed by atoms with Gasteiger partial charge in [0.15, 0.2) is 0 Å². The van der Waals surface area contributed by atoms with Gasteiger partial charge in [0.1, 0.15) is 5.03 Å². The number of halogens is 5. The average molecular weight is 287 g/mol. The number of carbonyl (C=O) groups excluding carboxylic acids is 1. The SMILES string of the molecule is CC1(C)C(/C=C/C=C(\Cl)C(F)(F)F)C1C(=O)Cl. The molecule has 0 saturated heterocycles. The molecule has 0 aromatic carbocycles. The Bertz CT molecular complexity index is 383. The average Bonchev–Trinajstić information content (AvgIpc) is 2.66. The van der Waals surface area contributed by atoms with E-state index in [1.165, 1.54) is 12.2 Å². The fourth-order valence-electron chi connectivity index (χ4n) is 1.82. The lowest BCUT2D eigenvalue weighted by Gasteiger charge is -2.01. The van der Waals surface area contributed by atoms with E-state index in [4.69, 9.17) is 23.2 Å². The van der Waals surface area contributed by atoms with Gasteiger partial charge in [-0.3, -0.25) is 4.79 Å². The van der Waals surface area contributed by atoms with Crippen molar-refractivity contribution >= 4 is 28.4 Å². The summed E-state index contributed by atoms with van der Waals surface area (Å²) in [6, 6.07) is 0. The van der Waals surface area contributed by atoms with E-state index in [9.17, 15) is 18.0 Å². The van der Waals surface area contributed by atoms with Crippen LogP contribution in [0, 0.1) is 17.3 Å². The summed E-state index contributed by atoms with van der Waals surface area (Å²) in [5.41, 5.74) is -0.298. The van der Waals surface area contributed by atoms with Crippen molar-refractivity contribution in [2.75, 3.05) is 0 Å². The van der Waals surface area contributed by atoms with Crippen LogP contribution in [0.25, 0.3) is 0 Å². The molecule has 2 atom stereocenters. The van der Waals surface area contributed by atoms with E-state index in [0.29, 0.717) is 0 Å². The first kappa shape index (κ1) is 14.6.